The molecule has 1 spiro atoms. The minimum atomic E-state index is -0.817. The normalized spacial score (nSPS) is 19.9. The van der Waals surface area contributed by atoms with Gasteiger partial charge in [0, 0.05) is 33.6 Å². The van der Waals surface area contributed by atoms with Gasteiger partial charge in [0.25, 0.3) is 5.91 Å². The predicted octanol–water partition coefficient (Wildman–Crippen LogP) is 2.69. The van der Waals surface area contributed by atoms with Crippen LogP contribution in [0, 0.1) is 0 Å². The fraction of sp³-hybridized carbons (Fsp3) is 0.409. The van der Waals surface area contributed by atoms with Gasteiger partial charge in [-0.1, -0.05) is 30.3 Å². The number of benzene rings is 1. The number of urea groups is 1. The maximum atomic E-state index is 13.1. The molecule has 2 aromatic rings. The number of hydrogen-bond acceptors (Lipinski definition) is 4. The van der Waals surface area contributed by atoms with Crippen LogP contribution in [0.5, 0.6) is 0 Å². The van der Waals surface area contributed by atoms with Crippen LogP contribution in [0.2, 0.25) is 0 Å². The lowest BCUT2D eigenvalue weighted by atomic mass is 9.85. The molecule has 2 fully saturated rings. The summed E-state index contributed by atoms with van der Waals surface area (Å²) < 4.78 is 5.60. The van der Waals surface area contributed by atoms with Gasteiger partial charge in [0.15, 0.2) is 0 Å². The highest BCUT2D eigenvalue weighted by molar-refractivity contribution is 6.06. The molecule has 0 aliphatic carbocycles. The number of rotatable bonds is 4. The second kappa shape index (κ2) is 7.39. The molecule has 7 heteroatoms. The first kappa shape index (κ1) is 19.2. The summed E-state index contributed by atoms with van der Waals surface area (Å²) in [4.78, 5) is 42.4. The van der Waals surface area contributed by atoms with Gasteiger partial charge < -0.3 is 14.2 Å². The van der Waals surface area contributed by atoms with Crippen LogP contribution < -0.4 is 0 Å². The number of furan rings is 1. The Morgan fingerprint density at radius 1 is 1.07 bits per heavy atom. The zero-order chi connectivity index (χ0) is 20.6. The van der Waals surface area contributed by atoms with E-state index in [1.165, 1.54) is 16.8 Å². The summed E-state index contributed by atoms with van der Waals surface area (Å²) in [6, 6.07) is 13.3. The molecule has 1 atom stereocenters. The molecule has 2 saturated heterocycles. The molecule has 4 amide bonds. The van der Waals surface area contributed by atoms with Crippen molar-refractivity contribution in [3.05, 3.63) is 60.1 Å². The van der Waals surface area contributed by atoms with Gasteiger partial charge in [-0.3, -0.25) is 14.5 Å². The Morgan fingerprint density at radius 3 is 2.31 bits per heavy atom. The van der Waals surface area contributed by atoms with Crippen LogP contribution in [0.15, 0.2) is 53.1 Å². The first-order valence-electron chi connectivity index (χ1n) is 9.86. The third-order valence-corrected chi connectivity index (χ3v) is 6.33. The maximum Gasteiger partial charge on any atom is 0.327 e. The Labute approximate surface area is 169 Å². The second-order valence-corrected chi connectivity index (χ2v) is 7.80. The Bertz CT molecular complexity index is 901. The molecule has 2 aliphatic rings. The molecule has 1 aromatic heterocycles. The van der Waals surface area contributed by atoms with E-state index in [2.05, 4.69) is 0 Å². The number of carbonyl (C=O) groups is 3. The number of likely N-dealkylation sites (tertiary alicyclic amines) is 1. The topological polar surface area (TPSA) is 74.1 Å². The van der Waals surface area contributed by atoms with E-state index in [4.69, 9.17) is 4.42 Å². The van der Waals surface area contributed by atoms with Gasteiger partial charge in [-0.05, 0) is 30.5 Å². The van der Waals surface area contributed by atoms with Gasteiger partial charge in [-0.25, -0.2) is 4.79 Å². The van der Waals surface area contributed by atoms with Crippen molar-refractivity contribution in [1.29, 1.82) is 0 Å². The Kier molecular flexibility index (Phi) is 4.90. The van der Waals surface area contributed by atoms with Gasteiger partial charge in [-0.15, -0.1) is 0 Å². The van der Waals surface area contributed by atoms with Gasteiger partial charge in [-0.2, -0.15) is 0 Å². The number of hydrogen-bond donors (Lipinski definition) is 0. The van der Waals surface area contributed by atoms with Crippen LogP contribution in [0.4, 0.5) is 4.79 Å². The van der Waals surface area contributed by atoms with Crippen molar-refractivity contribution in [2.24, 2.45) is 0 Å². The van der Waals surface area contributed by atoms with Gasteiger partial charge in [0.1, 0.15) is 11.3 Å². The summed E-state index contributed by atoms with van der Waals surface area (Å²) in [5, 5.41) is 0. The van der Waals surface area contributed by atoms with E-state index in [1.54, 1.807) is 18.2 Å². The van der Waals surface area contributed by atoms with Crippen molar-refractivity contribution >= 4 is 17.8 Å². The van der Waals surface area contributed by atoms with Crippen molar-refractivity contribution in [3.63, 3.8) is 0 Å². The highest BCUT2D eigenvalue weighted by Crippen LogP contribution is 2.36. The molecule has 7 nitrogen and oxygen atoms in total. The van der Waals surface area contributed by atoms with E-state index in [-0.39, 0.29) is 23.8 Å². The third kappa shape index (κ3) is 3.20. The van der Waals surface area contributed by atoms with Gasteiger partial charge in [0.2, 0.25) is 5.91 Å². The first-order valence-corrected chi connectivity index (χ1v) is 9.86. The lowest BCUT2D eigenvalue weighted by Crippen LogP contribution is -2.56. The van der Waals surface area contributed by atoms with Crippen LogP contribution in [0.25, 0.3) is 0 Å². The summed E-state index contributed by atoms with van der Waals surface area (Å²) >= 11 is 0. The average Bonchev–Trinajstić information content (AvgIpc) is 3.34. The van der Waals surface area contributed by atoms with E-state index in [9.17, 15) is 14.4 Å². The largest absolute Gasteiger partial charge is 0.469 e. The minimum absolute atomic E-state index is 0.0258. The van der Waals surface area contributed by atoms with E-state index in [0.29, 0.717) is 32.4 Å². The molecule has 0 bridgehead atoms. The maximum absolute atomic E-state index is 13.1. The second-order valence-electron chi connectivity index (χ2n) is 7.80. The zero-order valence-electron chi connectivity index (χ0n) is 16.7. The Hall–Kier alpha value is -3.09. The van der Waals surface area contributed by atoms with E-state index in [1.807, 2.05) is 42.5 Å². The molecule has 2 aliphatic heterocycles. The smallest absolute Gasteiger partial charge is 0.327 e. The lowest BCUT2D eigenvalue weighted by molar-refractivity contribution is -0.140. The highest BCUT2D eigenvalue weighted by Gasteiger charge is 2.55. The van der Waals surface area contributed by atoms with Gasteiger partial charge >= 0.3 is 6.03 Å². The number of likely N-dealkylation sites (N-methyl/N-ethyl adjacent to an activating group) is 2. The van der Waals surface area contributed by atoms with Crippen LogP contribution in [0.3, 0.4) is 0 Å². The Morgan fingerprint density at radius 2 is 1.76 bits per heavy atom. The number of nitrogens with zero attached hydrogens (tertiary/aromatic N) is 3. The quantitative estimate of drug-likeness (QED) is 0.746. The van der Waals surface area contributed by atoms with Crippen molar-refractivity contribution in [1.82, 2.24) is 14.7 Å². The van der Waals surface area contributed by atoms with Crippen molar-refractivity contribution < 1.29 is 18.8 Å². The van der Waals surface area contributed by atoms with Crippen molar-refractivity contribution in [3.8, 4) is 0 Å². The highest BCUT2D eigenvalue weighted by atomic mass is 16.3. The molecular weight excluding hydrogens is 370 g/mol. The molecule has 0 saturated carbocycles. The average molecular weight is 395 g/mol. The SMILES string of the molecule is CN1C(=O)N(C)C2(CCN(C(=O)CC(c3ccccc3)c3ccco3)CC2)C1=O. The molecule has 1 aromatic carbocycles. The van der Waals surface area contributed by atoms with E-state index in [0.717, 1.165) is 11.3 Å². The van der Waals surface area contributed by atoms with Crippen LogP contribution in [-0.4, -0.2) is 65.3 Å². The summed E-state index contributed by atoms with van der Waals surface area (Å²) in [5.41, 5.74) is 0.213. The summed E-state index contributed by atoms with van der Waals surface area (Å²) in [6.45, 7) is 0.908. The summed E-state index contributed by atoms with van der Waals surface area (Å²) in [5.74, 6) is 0.460. The fourth-order valence-corrected chi connectivity index (χ4v) is 4.49. The summed E-state index contributed by atoms with van der Waals surface area (Å²) in [7, 11) is 3.19. The standard InChI is InChI=1S/C22H25N3O4/c1-23-20(27)22(24(2)21(23)28)10-12-25(13-11-22)19(26)15-17(18-9-6-14-29-18)16-7-4-3-5-8-16/h3-9,14,17H,10-13,15H2,1-2H3. The third-order valence-electron chi connectivity index (χ3n) is 6.33. The molecule has 0 N–H and O–H groups in total. The van der Waals surface area contributed by atoms with Crippen LogP contribution in [-0.2, 0) is 9.59 Å². The number of amides is 4. The lowest BCUT2D eigenvalue weighted by Gasteiger charge is -2.41. The minimum Gasteiger partial charge on any atom is -0.469 e. The molecule has 1 unspecified atom stereocenters. The molecular formula is C22H25N3O4. The molecule has 4 rings (SSSR count). The number of carbonyl (C=O) groups excluding carboxylic acids is 3. The van der Waals surface area contributed by atoms with Gasteiger partial charge in [0.05, 0.1) is 12.2 Å². The predicted molar refractivity (Wildman–Crippen MR) is 106 cm³/mol. The number of imide groups is 1. The van der Waals surface area contributed by atoms with Crippen molar-refractivity contribution in [2.75, 3.05) is 27.2 Å². The number of piperidine rings is 1. The molecule has 29 heavy (non-hydrogen) atoms. The monoisotopic (exact) mass is 395 g/mol. The first-order chi connectivity index (χ1) is 13.9. The van der Waals surface area contributed by atoms with Crippen molar-refractivity contribution in [2.45, 2.75) is 30.7 Å². The zero-order valence-corrected chi connectivity index (χ0v) is 16.7. The Balaban J connectivity index is 1.47. The van der Waals surface area contributed by atoms with E-state index >= 15 is 0 Å². The van der Waals surface area contributed by atoms with Crippen LogP contribution >= 0.6 is 0 Å². The summed E-state index contributed by atoms with van der Waals surface area (Å²) in [6.07, 6.45) is 2.84. The van der Waals surface area contributed by atoms with E-state index < -0.39 is 5.54 Å². The molecule has 3 heterocycles. The molecule has 152 valence electrons. The molecule has 0 radical (unpaired) electrons. The fourth-order valence-electron chi connectivity index (χ4n) is 4.49. The van der Waals surface area contributed by atoms with Crippen LogP contribution in [0.1, 0.15) is 36.5 Å².